The average molecular weight is 571 g/mol. The van der Waals surface area contributed by atoms with Crippen molar-refractivity contribution in [1.82, 2.24) is 14.7 Å². The summed E-state index contributed by atoms with van der Waals surface area (Å²) in [5.41, 5.74) is 4.65. The summed E-state index contributed by atoms with van der Waals surface area (Å²) in [5.74, 6) is 1.05. The van der Waals surface area contributed by atoms with Crippen LogP contribution in [0.4, 0.5) is 26.1 Å². The molecule has 0 aliphatic carbocycles. The smallest absolute Gasteiger partial charge is 0.324 e. The fraction of sp³-hybridized carbons (Fsp3) is 0.344. The molecule has 0 unspecified atom stereocenters. The van der Waals surface area contributed by atoms with E-state index in [9.17, 15) is 9.59 Å². The minimum absolute atomic E-state index is 0.0378. The van der Waals surface area contributed by atoms with Gasteiger partial charge in [-0.1, -0.05) is 56.7 Å². The Morgan fingerprint density at radius 2 is 1.68 bits per heavy atom. The highest BCUT2D eigenvalue weighted by Crippen LogP contribution is 2.29. The maximum atomic E-state index is 13.3. The summed E-state index contributed by atoms with van der Waals surface area (Å²) in [4.78, 5) is 27.7. The molecule has 0 spiro atoms. The molecular weight excluding hydrogens is 532 g/mol. The number of aromatic nitrogens is 2. The number of benzene rings is 2. The van der Waals surface area contributed by atoms with Crippen LogP contribution in [0.3, 0.4) is 0 Å². The number of thiophene rings is 1. The number of aryl methyl sites for hydroxylation is 1. The fourth-order valence-electron chi connectivity index (χ4n) is 4.99. The molecule has 5 rings (SSSR count). The number of anilines is 3. The van der Waals surface area contributed by atoms with E-state index in [-0.39, 0.29) is 17.5 Å². The number of hydrogen-bond acceptors (Lipinski definition) is 4. The molecule has 2 aromatic heterocycles. The summed E-state index contributed by atoms with van der Waals surface area (Å²) in [7, 11) is 0. The van der Waals surface area contributed by atoms with Gasteiger partial charge in [0.05, 0.1) is 16.4 Å². The lowest BCUT2D eigenvalue weighted by atomic mass is 9.89. The Balaban J connectivity index is 1.23. The van der Waals surface area contributed by atoms with Crippen LogP contribution in [0.5, 0.6) is 0 Å². The van der Waals surface area contributed by atoms with E-state index in [2.05, 4.69) is 42.8 Å². The van der Waals surface area contributed by atoms with Gasteiger partial charge < -0.3 is 10.2 Å². The zero-order valence-corrected chi connectivity index (χ0v) is 24.9. The standard InChI is InChI=1S/C32H38N6O2S/c1-22-11-13-25(14-12-22)38-28(21-27(36-38)32(2,3)4)34-30(39)33-26-9-6-5-8-24(26)20-23-15-17-37(18-16-23)31(40)35-29-10-7-19-41-29/h5-14,19,21,23H,15-18,20H2,1-4H3,(H,35,40)(H2,33,34,39). The van der Waals surface area contributed by atoms with Gasteiger partial charge in [-0.05, 0) is 73.4 Å². The molecule has 1 aliphatic heterocycles. The van der Waals surface area contributed by atoms with Crippen molar-refractivity contribution in [3.8, 4) is 5.69 Å². The van der Waals surface area contributed by atoms with E-state index < -0.39 is 0 Å². The second-order valence-corrected chi connectivity index (χ2v) is 12.6. The van der Waals surface area contributed by atoms with E-state index >= 15 is 0 Å². The molecule has 1 fully saturated rings. The van der Waals surface area contributed by atoms with Crippen LogP contribution in [0.15, 0.2) is 72.1 Å². The largest absolute Gasteiger partial charge is 0.324 e. The number of piperidine rings is 1. The van der Waals surface area contributed by atoms with Gasteiger partial charge in [-0.2, -0.15) is 5.10 Å². The lowest BCUT2D eigenvalue weighted by Crippen LogP contribution is -2.41. The molecule has 9 heteroatoms. The molecule has 2 aromatic carbocycles. The number of para-hydroxylation sites is 1. The highest BCUT2D eigenvalue weighted by Gasteiger charge is 2.25. The van der Waals surface area contributed by atoms with Crippen LogP contribution in [0, 0.1) is 12.8 Å². The van der Waals surface area contributed by atoms with E-state index in [4.69, 9.17) is 5.10 Å². The Morgan fingerprint density at radius 3 is 2.37 bits per heavy atom. The first-order valence-electron chi connectivity index (χ1n) is 14.1. The Kier molecular flexibility index (Phi) is 8.44. The summed E-state index contributed by atoms with van der Waals surface area (Å²) in [6, 6.07) is 21.5. The first-order valence-corrected chi connectivity index (χ1v) is 15.0. The predicted molar refractivity (Wildman–Crippen MR) is 167 cm³/mol. The van der Waals surface area contributed by atoms with Crippen LogP contribution < -0.4 is 16.0 Å². The number of rotatable bonds is 6. The van der Waals surface area contributed by atoms with Crippen molar-refractivity contribution in [2.24, 2.45) is 5.92 Å². The van der Waals surface area contributed by atoms with Crippen molar-refractivity contribution < 1.29 is 9.59 Å². The van der Waals surface area contributed by atoms with Crippen molar-refractivity contribution in [3.05, 3.63) is 88.9 Å². The first kappa shape index (κ1) is 28.4. The van der Waals surface area contributed by atoms with Gasteiger partial charge in [-0.3, -0.25) is 10.6 Å². The lowest BCUT2D eigenvalue weighted by molar-refractivity contribution is 0.182. The third-order valence-electron chi connectivity index (χ3n) is 7.43. The van der Waals surface area contributed by atoms with E-state index in [0.29, 0.717) is 11.7 Å². The molecule has 1 aliphatic rings. The maximum Gasteiger partial charge on any atom is 0.324 e. The molecule has 0 saturated carbocycles. The number of nitrogens with zero attached hydrogens (tertiary/aromatic N) is 3. The van der Waals surface area contributed by atoms with Crippen molar-refractivity contribution in [2.75, 3.05) is 29.0 Å². The minimum Gasteiger partial charge on any atom is -0.324 e. The summed E-state index contributed by atoms with van der Waals surface area (Å²) < 4.78 is 1.79. The van der Waals surface area contributed by atoms with Crippen LogP contribution in [0.1, 0.15) is 50.4 Å². The highest BCUT2D eigenvalue weighted by atomic mass is 32.1. The van der Waals surface area contributed by atoms with Gasteiger partial charge >= 0.3 is 12.1 Å². The Hall–Kier alpha value is -4.11. The highest BCUT2D eigenvalue weighted by molar-refractivity contribution is 7.14. The normalized spacial score (nSPS) is 14.1. The van der Waals surface area contributed by atoms with Gasteiger partial charge in [0.25, 0.3) is 0 Å². The third kappa shape index (κ3) is 7.16. The summed E-state index contributed by atoms with van der Waals surface area (Å²) in [5, 5.41) is 16.7. The third-order valence-corrected chi connectivity index (χ3v) is 8.21. The Morgan fingerprint density at radius 1 is 0.951 bits per heavy atom. The van der Waals surface area contributed by atoms with E-state index in [1.54, 1.807) is 4.68 Å². The SMILES string of the molecule is Cc1ccc(-n2nc(C(C)(C)C)cc2NC(=O)Nc2ccccc2CC2CCN(C(=O)Nc3cccs3)CC2)cc1. The topological polar surface area (TPSA) is 91.3 Å². The number of urea groups is 2. The van der Waals surface area contributed by atoms with Crippen molar-refractivity contribution in [1.29, 1.82) is 0 Å². The molecule has 3 heterocycles. The zero-order valence-electron chi connectivity index (χ0n) is 24.1. The van der Waals surface area contributed by atoms with Gasteiger partial charge in [0.15, 0.2) is 0 Å². The molecular formula is C32H38N6O2S. The van der Waals surface area contributed by atoms with Crippen molar-refractivity contribution >= 4 is 39.9 Å². The molecule has 4 amide bonds. The van der Waals surface area contributed by atoms with Gasteiger partial charge in [-0.15, -0.1) is 11.3 Å². The number of carbonyl (C=O) groups excluding carboxylic acids is 2. The summed E-state index contributed by atoms with van der Waals surface area (Å²) >= 11 is 1.52. The number of carbonyl (C=O) groups is 2. The number of amides is 4. The minimum atomic E-state index is -0.314. The average Bonchev–Trinajstić information content (AvgIpc) is 3.61. The van der Waals surface area contributed by atoms with E-state index in [1.807, 2.05) is 77.9 Å². The molecule has 0 bridgehead atoms. The quantitative estimate of drug-likeness (QED) is 0.222. The molecule has 4 aromatic rings. The lowest BCUT2D eigenvalue weighted by Gasteiger charge is -2.32. The molecule has 3 N–H and O–H groups in total. The van der Waals surface area contributed by atoms with Gasteiger partial charge in [0.1, 0.15) is 5.82 Å². The molecule has 1 saturated heterocycles. The van der Waals surface area contributed by atoms with Gasteiger partial charge in [0, 0.05) is 30.3 Å². The second kappa shape index (κ2) is 12.2. The van der Waals surface area contributed by atoms with Crippen LogP contribution >= 0.6 is 11.3 Å². The van der Waals surface area contributed by atoms with Crippen LogP contribution in [0.2, 0.25) is 0 Å². The zero-order chi connectivity index (χ0) is 29.0. The van der Waals surface area contributed by atoms with Gasteiger partial charge in [-0.25, -0.2) is 14.3 Å². The van der Waals surface area contributed by atoms with E-state index in [0.717, 1.165) is 65.5 Å². The second-order valence-electron chi connectivity index (χ2n) is 11.7. The van der Waals surface area contributed by atoms with Crippen LogP contribution in [0.25, 0.3) is 5.69 Å². The monoisotopic (exact) mass is 570 g/mol. The number of likely N-dealkylation sites (tertiary alicyclic amines) is 1. The van der Waals surface area contributed by atoms with Gasteiger partial charge in [0.2, 0.25) is 0 Å². The molecule has 8 nitrogen and oxygen atoms in total. The van der Waals surface area contributed by atoms with Crippen LogP contribution in [-0.2, 0) is 11.8 Å². The molecule has 0 atom stereocenters. The Bertz CT molecular complexity index is 1480. The fourth-order valence-corrected chi connectivity index (χ4v) is 5.60. The van der Waals surface area contributed by atoms with E-state index in [1.165, 1.54) is 11.3 Å². The van der Waals surface area contributed by atoms with Crippen LogP contribution in [-0.4, -0.2) is 39.8 Å². The van der Waals surface area contributed by atoms with Crippen molar-refractivity contribution in [2.45, 2.75) is 52.4 Å². The summed E-state index contributed by atoms with van der Waals surface area (Å²) in [6.07, 6.45) is 2.68. The predicted octanol–water partition coefficient (Wildman–Crippen LogP) is 7.67. The first-order chi connectivity index (χ1) is 19.7. The maximum absolute atomic E-state index is 13.3. The summed E-state index contributed by atoms with van der Waals surface area (Å²) in [6.45, 7) is 9.80. The Labute approximate surface area is 245 Å². The molecule has 0 radical (unpaired) electrons. The number of hydrogen-bond donors (Lipinski definition) is 3. The van der Waals surface area contributed by atoms with Crippen molar-refractivity contribution in [3.63, 3.8) is 0 Å². The molecule has 214 valence electrons. The number of nitrogens with one attached hydrogen (secondary N) is 3. The molecule has 41 heavy (non-hydrogen) atoms.